The van der Waals surface area contributed by atoms with Crippen molar-refractivity contribution in [1.82, 2.24) is 0 Å². The van der Waals surface area contributed by atoms with E-state index in [0.717, 1.165) is 5.57 Å². The fourth-order valence-corrected chi connectivity index (χ4v) is 0.813. The molecule has 0 heterocycles. The van der Waals surface area contributed by atoms with Crippen molar-refractivity contribution in [3.63, 3.8) is 0 Å². The Hall–Kier alpha value is -0.920. The molecule has 1 N–H and O–H groups in total. The Morgan fingerprint density at radius 2 is 1.75 bits per heavy atom. The summed E-state index contributed by atoms with van der Waals surface area (Å²) in [6, 6.07) is 0. The number of nitrogens with one attached hydrogen (secondary N) is 1. The lowest BCUT2D eigenvalue weighted by Crippen LogP contribution is -2.31. The first kappa shape index (κ1) is 11.1. The third kappa shape index (κ3) is 2.03. The first-order chi connectivity index (χ1) is 5.34. The maximum absolute atomic E-state index is 11.2. The van der Waals surface area contributed by atoms with Gasteiger partial charge in [0.1, 0.15) is 5.78 Å². The van der Waals surface area contributed by atoms with Crippen LogP contribution in [0, 0.1) is 10.8 Å². The molecule has 2 nitrogen and oxygen atoms in total. The zero-order valence-corrected chi connectivity index (χ0v) is 8.49. The summed E-state index contributed by atoms with van der Waals surface area (Å²) < 4.78 is 0. The molecule has 0 aliphatic heterocycles. The topological polar surface area (TPSA) is 40.9 Å². The van der Waals surface area contributed by atoms with Crippen LogP contribution in [0.1, 0.15) is 34.6 Å². The number of allylic oxidation sites excluding steroid dienone is 2. The molecule has 0 aromatic rings. The summed E-state index contributed by atoms with van der Waals surface area (Å²) in [5, 5.41) is 7.74. The monoisotopic (exact) mass is 167 g/mol. The molecule has 0 fully saturated rings. The molecule has 2 heteroatoms. The number of hydrogen-bond acceptors (Lipinski definition) is 2. The van der Waals surface area contributed by atoms with Gasteiger partial charge in [0.15, 0.2) is 0 Å². The van der Waals surface area contributed by atoms with Crippen LogP contribution in [0.4, 0.5) is 0 Å². The van der Waals surface area contributed by atoms with E-state index in [1.165, 1.54) is 6.92 Å². The number of carbonyl (C=O) groups is 1. The molecular weight excluding hydrogens is 150 g/mol. The lowest BCUT2D eigenvalue weighted by molar-refractivity contribution is -0.121. The van der Waals surface area contributed by atoms with E-state index in [1.807, 2.05) is 19.9 Å². The normalized spacial score (nSPS) is 12.9. The predicted octanol–water partition coefficient (Wildman–Crippen LogP) is 2.59. The van der Waals surface area contributed by atoms with E-state index in [9.17, 15) is 4.79 Å². The Labute approximate surface area is 74.2 Å². The van der Waals surface area contributed by atoms with Gasteiger partial charge in [0.25, 0.3) is 0 Å². The van der Waals surface area contributed by atoms with Crippen molar-refractivity contribution < 1.29 is 4.79 Å². The second-order valence-electron chi connectivity index (χ2n) is 3.53. The van der Waals surface area contributed by atoms with Gasteiger partial charge in [0, 0.05) is 5.71 Å². The molecular formula is C10H17NO. The van der Waals surface area contributed by atoms with Crippen LogP contribution in [0.3, 0.4) is 0 Å². The molecule has 0 spiro atoms. The largest absolute Gasteiger partial charge is 0.304 e. The maximum Gasteiger partial charge on any atom is 0.141 e. The molecule has 0 aliphatic carbocycles. The van der Waals surface area contributed by atoms with Crippen molar-refractivity contribution in [2.75, 3.05) is 0 Å². The molecule has 0 rings (SSSR count). The number of hydrogen-bond donors (Lipinski definition) is 1. The summed E-state index contributed by atoms with van der Waals surface area (Å²) in [4.78, 5) is 11.2. The molecule has 0 atom stereocenters. The van der Waals surface area contributed by atoms with Gasteiger partial charge in [-0.25, -0.2) is 0 Å². The van der Waals surface area contributed by atoms with Crippen LogP contribution < -0.4 is 0 Å². The Kier molecular flexibility index (Phi) is 3.37. The number of rotatable bonds is 3. The lowest BCUT2D eigenvalue weighted by atomic mass is 9.80. The Bertz CT molecular complexity index is 236. The van der Waals surface area contributed by atoms with Crippen LogP contribution >= 0.6 is 0 Å². The summed E-state index contributed by atoms with van der Waals surface area (Å²) in [5.41, 5.74) is 0.643. The Morgan fingerprint density at radius 1 is 1.33 bits per heavy atom. The first-order valence-corrected chi connectivity index (χ1v) is 4.07. The fourth-order valence-electron chi connectivity index (χ4n) is 0.813. The quantitative estimate of drug-likeness (QED) is 0.645. The average Bonchev–Trinajstić information content (AvgIpc) is 2.01. The first-order valence-electron chi connectivity index (χ1n) is 4.07. The van der Waals surface area contributed by atoms with Gasteiger partial charge in [-0.2, -0.15) is 0 Å². The van der Waals surface area contributed by atoms with E-state index in [2.05, 4.69) is 0 Å². The zero-order chi connectivity index (χ0) is 9.94. The minimum Gasteiger partial charge on any atom is -0.304 e. The molecule has 0 unspecified atom stereocenters. The van der Waals surface area contributed by atoms with Crippen LogP contribution in [-0.2, 0) is 4.79 Å². The molecule has 12 heavy (non-hydrogen) atoms. The van der Waals surface area contributed by atoms with E-state index in [0.29, 0.717) is 5.71 Å². The maximum atomic E-state index is 11.2. The van der Waals surface area contributed by atoms with E-state index >= 15 is 0 Å². The number of carbonyl (C=O) groups excluding carboxylic acids is 1. The van der Waals surface area contributed by atoms with Crippen molar-refractivity contribution in [2.24, 2.45) is 5.41 Å². The standard InChI is InChI=1S/C10H17NO/c1-6-7(2)9(11)10(4,5)8(3)12/h6,11H,1-5H3/b7-6-,11-9?. The predicted molar refractivity (Wildman–Crippen MR) is 51.6 cm³/mol. The highest BCUT2D eigenvalue weighted by atomic mass is 16.1. The van der Waals surface area contributed by atoms with Crippen LogP contribution in [0.15, 0.2) is 11.6 Å². The fraction of sp³-hybridized carbons (Fsp3) is 0.600. The van der Waals surface area contributed by atoms with Crippen LogP contribution in [0.25, 0.3) is 0 Å². The van der Waals surface area contributed by atoms with Crippen molar-refractivity contribution >= 4 is 11.5 Å². The van der Waals surface area contributed by atoms with E-state index < -0.39 is 5.41 Å². The van der Waals surface area contributed by atoms with Crippen LogP contribution in [-0.4, -0.2) is 11.5 Å². The van der Waals surface area contributed by atoms with E-state index in [1.54, 1.807) is 13.8 Å². The van der Waals surface area contributed by atoms with Gasteiger partial charge in [-0.3, -0.25) is 4.79 Å². The SMILES string of the molecule is C/C=C(/C)C(=N)C(C)(C)C(C)=O. The smallest absolute Gasteiger partial charge is 0.141 e. The molecule has 0 aromatic heterocycles. The highest BCUT2D eigenvalue weighted by Gasteiger charge is 2.29. The van der Waals surface area contributed by atoms with Gasteiger partial charge in [0.2, 0.25) is 0 Å². The van der Waals surface area contributed by atoms with Gasteiger partial charge in [-0.1, -0.05) is 6.08 Å². The molecule has 68 valence electrons. The van der Waals surface area contributed by atoms with Gasteiger partial charge in [-0.15, -0.1) is 0 Å². The van der Waals surface area contributed by atoms with Crippen molar-refractivity contribution in [1.29, 1.82) is 5.41 Å². The zero-order valence-electron chi connectivity index (χ0n) is 8.49. The molecule has 0 bridgehead atoms. The molecule has 0 amide bonds. The van der Waals surface area contributed by atoms with Gasteiger partial charge >= 0.3 is 0 Å². The third-order valence-corrected chi connectivity index (χ3v) is 2.33. The van der Waals surface area contributed by atoms with Gasteiger partial charge in [-0.05, 0) is 40.2 Å². The molecule has 0 aliphatic rings. The number of ketones is 1. The second kappa shape index (κ2) is 3.65. The van der Waals surface area contributed by atoms with Gasteiger partial charge in [0.05, 0.1) is 5.41 Å². The average molecular weight is 167 g/mol. The highest BCUT2D eigenvalue weighted by Crippen LogP contribution is 2.22. The summed E-state index contributed by atoms with van der Waals surface area (Å²) in [7, 11) is 0. The van der Waals surface area contributed by atoms with Crippen molar-refractivity contribution in [2.45, 2.75) is 34.6 Å². The minimum atomic E-state index is -0.642. The molecule has 0 saturated heterocycles. The molecule has 0 saturated carbocycles. The lowest BCUT2D eigenvalue weighted by Gasteiger charge is -2.22. The molecule has 0 radical (unpaired) electrons. The summed E-state index contributed by atoms with van der Waals surface area (Å²) >= 11 is 0. The summed E-state index contributed by atoms with van der Waals surface area (Å²) in [6.45, 7) is 8.82. The Morgan fingerprint density at radius 3 is 2.00 bits per heavy atom. The van der Waals surface area contributed by atoms with E-state index in [-0.39, 0.29) is 5.78 Å². The summed E-state index contributed by atoms with van der Waals surface area (Å²) in [5.74, 6) is 0.0358. The van der Waals surface area contributed by atoms with Gasteiger partial charge < -0.3 is 5.41 Å². The third-order valence-electron chi connectivity index (χ3n) is 2.33. The summed E-state index contributed by atoms with van der Waals surface area (Å²) in [6.07, 6.45) is 1.85. The Balaban J connectivity index is 4.82. The van der Waals surface area contributed by atoms with E-state index in [4.69, 9.17) is 5.41 Å². The second-order valence-corrected chi connectivity index (χ2v) is 3.53. The molecule has 0 aromatic carbocycles. The van der Waals surface area contributed by atoms with Crippen molar-refractivity contribution in [3.05, 3.63) is 11.6 Å². The minimum absolute atomic E-state index is 0.0358. The van der Waals surface area contributed by atoms with Crippen LogP contribution in [0.2, 0.25) is 0 Å². The number of Topliss-reactive ketones (excluding diaryl/α,β-unsaturated/α-hetero) is 1. The van der Waals surface area contributed by atoms with Crippen LogP contribution in [0.5, 0.6) is 0 Å². The highest BCUT2D eigenvalue weighted by molar-refractivity contribution is 6.14. The van der Waals surface area contributed by atoms with Crippen molar-refractivity contribution in [3.8, 4) is 0 Å².